The Balaban J connectivity index is 2.21. The maximum Gasteiger partial charge on any atom is 0.331 e. The molecule has 1 amide bonds. The highest BCUT2D eigenvalue weighted by Gasteiger charge is 2.24. The van der Waals surface area contributed by atoms with E-state index < -0.39 is 23.9 Å². The van der Waals surface area contributed by atoms with Crippen LogP contribution < -0.4 is 5.32 Å². The summed E-state index contributed by atoms with van der Waals surface area (Å²) in [4.78, 5) is 26.4. The van der Waals surface area contributed by atoms with Gasteiger partial charge in [-0.3, -0.25) is 9.48 Å². The number of aryl methyl sites for hydroxylation is 1. The maximum absolute atomic E-state index is 12.9. The van der Waals surface area contributed by atoms with Crippen LogP contribution in [0, 0.1) is 5.95 Å². The van der Waals surface area contributed by atoms with Crippen LogP contribution in [0.15, 0.2) is 30.7 Å². The Hall–Kier alpha value is -2.77. The van der Waals surface area contributed by atoms with E-state index in [0.29, 0.717) is 5.56 Å². The van der Waals surface area contributed by atoms with Crippen molar-refractivity contribution in [1.29, 1.82) is 0 Å². The van der Waals surface area contributed by atoms with Crippen LogP contribution in [-0.4, -0.2) is 31.7 Å². The van der Waals surface area contributed by atoms with E-state index in [4.69, 9.17) is 5.11 Å². The molecular weight excluding hydrogens is 267 g/mol. The molecule has 8 heteroatoms. The Bertz CT molecular complexity index is 656. The number of carboxylic acid groups (broad SMARTS) is 1. The highest BCUT2D eigenvalue weighted by Crippen LogP contribution is 2.13. The van der Waals surface area contributed by atoms with E-state index in [2.05, 4.69) is 15.4 Å². The van der Waals surface area contributed by atoms with Crippen molar-refractivity contribution in [3.63, 3.8) is 0 Å². The smallest absolute Gasteiger partial charge is 0.331 e. The molecule has 0 saturated carbocycles. The van der Waals surface area contributed by atoms with Crippen LogP contribution in [-0.2, 0) is 11.8 Å². The zero-order valence-electron chi connectivity index (χ0n) is 10.4. The number of aromatic nitrogens is 3. The van der Waals surface area contributed by atoms with Crippen LogP contribution in [0.5, 0.6) is 0 Å². The van der Waals surface area contributed by atoms with E-state index in [1.165, 1.54) is 23.1 Å². The van der Waals surface area contributed by atoms with Crippen LogP contribution in [0.25, 0.3) is 0 Å². The minimum Gasteiger partial charge on any atom is -0.479 e. The summed E-state index contributed by atoms with van der Waals surface area (Å²) in [7, 11) is 1.63. The van der Waals surface area contributed by atoms with Crippen molar-refractivity contribution in [3.05, 3.63) is 47.8 Å². The van der Waals surface area contributed by atoms with Gasteiger partial charge in [0, 0.05) is 36.6 Å². The van der Waals surface area contributed by atoms with Crippen LogP contribution >= 0.6 is 0 Å². The summed E-state index contributed by atoms with van der Waals surface area (Å²) < 4.78 is 14.3. The second kappa shape index (κ2) is 5.47. The lowest BCUT2D eigenvalue weighted by molar-refractivity contribution is -0.139. The number of hydrogen-bond donors (Lipinski definition) is 2. The monoisotopic (exact) mass is 278 g/mol. The molecule has 0 aliphatic heterocycles. The molecule has 2 N–H and O–H groups in total. The third-order valence-corrected chi connectivity index (χ3v) is 2.57. The fourth-order valence-corrected chi connectivity index (χ4v) is 1.63. The Morgan fingerprint density at radius 3 is 2.80 bits per heavy atom. The first-order valence-electron chi connectivity index (χ1n) is 5.61. The van der Waals surface area contributed by atoms with Gasteiger partial charge in [0.05, 0.1) is 6.20 Å². The van der Waals surface area contributed by atoms with Crippen molar-refractivity contribution in [3.8, 4) is 0 Å². The third-order valence-electron chi connectivity index (χ3n) is 2.57. The summed E-state index contributed by atoms with van der Waals surface area (Å²) in [5.74, 6) is -2.76. The largest absolute Gasteiger partial charge is 0.479 e. The number of pyridine rings is 1. The number of carboxylic acids is 1. The van der Waals surface area contributed by atoms with Gasteiger partial charge in [0.1, 0.15) is 0 Å². The van der Waals surface area contributed by atoms with Gasteiger partial charge in [-0.15, -0.1) is 0 Å². The second-order valence-corrected chi connectivity index (χ2v) is 4.06. The van der Waals surface area contributed by atoms with Gasteiger partial charge in [0.15, 0.2) is 6.04 Å². The molecule has 0 radical (unpaired) electrons. The second-order valence-electron chi connectivity index (χ2n) is 4.06. The Kier molecular flexibility index (Phi) is 3.74. The molecule has 20 heavy (non-hydrogen) atoms. The number of amides is 1. The SMILES string of the molecule is Cn1cc(C(NC(=O)c2ccnc(F)c2)C(=O)O)cn1. The summed E-state index contributed by atoms with van der Waals surface area (Å²) in [6.07, 6.45) is 3.95. The Morgan fingerprint density at radius 2 is 2.25 bits per heavy atom. The highest BCUT2D eigenvalue weighted by molar-refractivity contribution is 5.96. The van der Waals surface area contributed by atoms with Crippen molar-refractivity contribution >= 4 is 11.9 Å². The molecule has 7 nitrogen and oxygen atoms in total. The van der Waals surface area contributed by atoms with E-state index in [1.807, 2.05) is 0 Å². The van der Waals surface area contributed by atoms with E-state index in [0.717, 1.165) is 12.3 Å². The molecule has 0 aliphatic rings. The minimum absolute atomic E-state index is 0.00681. The minimum atomic E-state index is -1.26. The molecule has 1 unspecified atom stereocenters. The summed E-state index contributed by atoms with van der Waals surface area (Å²) in [6.45, 7) is 0. The van der Waals surface area contributed by atoms with Crippen LogP contribution in [0.3, 0.4) is 0 Å². The van der Waals surface area contributed by atoms with Crippen molar-refractivity contribution in [2.24, 2.45) is 7.05 Å². The number of hydrogen-bond acceptors (Lipinski definition) is 4. The average molecular weight is 278 g/mol. The van der Waals surface area contributed by atoms with E-state index >= 15 is 0 Å². The molecule has 2 aromatic rings. The lowest BCUT2D eigenvalue weighted by Crippen LogP contribution is -2.33. The third kappa shape index (κ3) is 2.97. The summed E-state index contributed by atoms with van der Waals surface area (Å²) >= 11 is 0. The summed E-state index contributed by atoms with van der Waals surface area (Å²) in [5, 5.41) is 15.3. The van der Waals surface area contributed by atoms with Crippen molar-refractivity contribution in [2.75, 3.05) is 0 Å². The topological polar surface area (TPSA) is 97.1 Å². The van der Waals surface area contributed by atoms with Crippen molar-refractivity contribution in [2.45, 2.75) is 6.04 Å². The van der Waals surface area contributed by atoms with Crippen LogP contribution in [0.4, 0.5) is 4.39 Å². The number of carbonyl (C=O) groups is 2. The summed E-state index contributed by atoms with van der Waals surface area (Å²) in [6, 6.07) is 0.963. The fraction of sp³-hybridized carbons (Fsp3) is 0.167. The van der Waals surface area contributed by atoms with Gasteiger partial charge in [-0.2, -0.15) is 9.49 Å². The van der Waals surface area contributed by atoms with Gasteiger partial charge < -0.3 is 10.4 Å². The van der Waals surface area contributed by atoms with Gasteiger partial charge in [0.25, 0.3) is 5.91 Å². The maximum atomic E-state index is 12.9. The molecule has 2 rings (SSSR count). The van der Waals surface area contributed by atoms with Crippen LogP contribution in [0.1, 0.15) is 22.0 Å². The first kappa shape index (κ1) is 13.7. The van der Waals surface area contributed by atoms with Gasteiger partial charge in [-0.1, -0.05) is 0 Å². The fourth-order valence-electron chi connectivity index (χ4n) is 1.63. The standard InChI is InChI=1S/C12H11FN4O3/c1-17-6-8(5-15-17)10(12(19)20)16-11(18)7-2-3-14-9(13)4-7/h2-6,10H,1H3,(H,16,18)(H,19,20). The van der Waals surface area contributed by atoms with Crippen LogP contribution in [0.2, 0.25) is 0 Å². The van der Waals surface area contributed by atoms with Crippen molar-refractivity contribution < 1.29 is 19.1 Å². The van der Waals surface area contributed by atoms with Crippen molar-refractivity contribution in [1.82, 2.24) is 20.1 Å². The summed E-state index contributed by atoms with van der Waals surface area (Å²) in [5.41, 5.74) is 0.315. The zero-order chi connectivity index (χ0) is 14.7. The molecule has 104 valence electrons. The van der Waals surface area contributed by atoms with Gasteiger partial charge in [0.2, 0.25) is 5.95 Å². The van der Waals surface area contributed by atoms with Gasteiger partial charge >= 0.3 is 5.97 Å². The molecule has 0 fully saturated rings. The first-order valence-corrected chi connectivity index (χ1v) is 5.61. The molecule has 1 atom stereocenters. The molecule has 0 spiro atoms. The quantitative estimate of drug-likeness (QED) is 0.794. The normalized spacial score (nSPS) is 11.9. The molecule has 0 aromatic carbocycles. The number of nitrogens with zero attached hydrogens (tertiary/aromatic N) is 3. The first-order chi connectivity index (χ1) is 9.47. The molecule has 2 aromatic heterocycles. The molecule has 2 heterocycles. The van der Waals surface area contributed by atoms with Gasteiger partial charge in [-0.25, -0.2) is 9.78 Å². The van der Waals surface area contributed by atoms with E-state index in [-0.39, 0.29) is 5.56 Å². The predicted molar refractivity (Wildman–Crippen MR) is 65.2 cm³/mol. The molecule has 0 saturated heterocycles. The van der Waals surface area contributed by atoms with E-state index in [1.54, 1.807) is 7.05 Å². The molecule has 0 aliphatic carbocycles. The zero-order valence-corrected chi connectivity index (χ0v) is 10.4. The number of rotatable bonds is 4. The predicted octanol–water partition coefficient (Wildman–Crippen LogP) is 0.510. The number of carbonyl (C=O) groups excluding carboxylic acids is 1. The number of nitrogens with one attached hydrogen (secondary N) is 1. The number of halogens is 1. The molecular formula is C12H11FN4O3. The van der Waals surface area contributed by atoms with Gasteiger partial charge in [-0.05, 0) is 6.07 Å². The lowest BCUT2D eigenvalue weighted by atomic mass is 10.1. The molecule has 0 bridgehead atoms. The lowest BCUT2D eigenvalue weighted by Gasteiger charge is -2.12. The van der Waals surface area contributed by atoms with E-state index in [9.17, 15) is 14.0 Å². The highest BCUT2D eigenvalue weighted by atomic mass is 19.1. The Morgan fingerprint density at radius 1 is 1.50 bits per heavy atom. The number of aliphatic carboxylic acids is 1. The Labute approximate surface area is 113 Å². The average Bonchev–Trinajstić information content (AvgIpc) is 2.81.